The molecule has 19 heavy (non-hydrogen) atoms. The molecule has 1 amide bonds. The molecular formula is C15H19NO3. The molecular weight excluding hydrogens is 242 g/mol. The smallest absolute Gasteiger partial charge is 0.246 e. The lowest BCUT2D eigenvalue weighted by molar-refractivity contribution is -0.204. The average Bonchev–Trinajstić information content (AvgIpc) is 2.70. The van der Waals surface area contributed by atoms with E-state index < -0.39 is 0 Å². The summed E-state index contributed by atoms with van der Waals surface area (Å²) in [6, 6.07) is 7.86. The fourth-order valence-electron chi connectivity index (χ4n) is 2.95. The van der Waals surface area contributed by atoms with Crippen LogP contribution in [0, 0.1) is 5.92 Å². The van der Waals surface area contributed by atoms with Crippen LogP contribution in [0.3, 0.4) is 0 Å². The van der Waals surface area contributed by atoms with Crippen LogP contribution in [0.1, 0.15) is 38.8 Å². The quantitative estimate of drug-likeness (QED) is 0.780. The lowest BCUT2D eigenvalue weighted by atomic mass is 9.81. The zero-order valence-corrected chi connectivity index (χ0v) is 11.6. The van der Waals surface area contributed by atoms with Crippen LogP contribution in [0.25, 0.3) is 0 Å². The van der Waals surface area contributed by atoms with Gasteiger partial charge >= 0.3 is 0 Å². The summed E-state index contributed by atoms with van der Waals surface area (Å²) in [5.41, 5.74) is 0.661. The van der Waals surface area contributed by atoms with Gasteiger partial charge in [0.05, 0.1) is 24.2 Å². The van der Waals surface area contributed by atoms with Gasteiger partial charge in [0.15, 0.2) is 0 Å². The Bertz CT molecular complexity index is 512. The van der Waals surface area contributed by atoms with Crippen molar-refractivity contribution in [3.8, 4) is 5.75 Å². The van der Waals surface area contributed by atoms with Crippen LogP contribution in [0.5, 0.6) is 5.75 Å². The number of amides is 1. The monoisotopic (exact) mass is 261 g/mol. The first kappa shape index (κ1) is 12.5. The fourth-order valence-corrected chi connectivity index (χ4v) is 2.95. The second kappa shape index (κ2) is 4.23. The van der Waals surface area contributed by atoms with E-state index in [4.69, 9.17) is 9.57 Å². The summed E-state index contributed by atoms with van der Waals surface area (Å²) in [7, 11) is 0. The first-order chi connectivity index (χ1) is 9.04. The number of hydroxylamine groups is 2. The van der Waals surface area contributed by atoms with E-state index >= 15 is 0 Å². The molecule has 1 aromatic rings. The lowest BCUT2D eigenvalue weighted by Crippen LogP contribution is -2.37. The van der Waals surface area contributed by atoms with E-state index in [9.17, 15) is 4.79 Å². The fraction of sp³-hybridized carbons (Fsp3) is 0.533. The number of ether oxygens (including phenoxy) is 1. The number of hydrogen-bond acceptors (Lipinski definition) is 3. The second-order valence-electron chi connectivity index (χ2n) is 5.67. The molecule has 2 aliphatic heterocycles. The molecule has 102 valence electrons. The summed E-state index contributed by atoms with van der Waals surface area (Å²) in [5.74, 6) is 1.05. The summed E-state index contributed by atoms with van der Waals surface area (Å²) in [6.07, 6.45) is 0.447. The van der Waals surface area contributed by atoms with Crippen molar-refractivity contribution >= 4 is 5.91 Å². The standard InChI is InChI=1S/C15H19NO3/c1-4-13(17)16-14-10-7-5-6-8-12(10)18-9-11(14)15(2,3)19-16/h5-8,11,14H,4,9H2,1-3H3/t11-,14+/m0/s1. The molecule has 4 nitrogen and oxygen atoms in total. The maximum absolute atomic E-state index is 12.1. The van der Waals surface area contributed by atoms with Crippen molar-refractivity contribution in [3.63, 3.8) is 0 Å². The predicted molar refractivity (Wildman–Crippen MR) is 70.5 cm³/mol. The van der Waals surface area contributed by atoms with Crippen LogP contribution < -0.4 is 4.74 Å². The van der Waals surface area contributed by atoms with Gasteiger partial charge in [-0.1, -0.05) is 25.1 Å². The highest BCUT2D eigenvalue weighted by Crippen LogP contribution is 2.50. The Hall–Kier alpha value is -1.55. The Labute approximate surface area is 113 Å². The topological polar surface area (TPSA) is 38.8 Å². The van der Waals surface area contributed by atoms with E-state index in [1.54, 1.807) is 5.06 Å². The molecule has 0 N–H and O–H groups in total. The van der Waals surface area contributed by atoms with Crippen molar-refractivity contribution in [1.29, 1.82) is 0 Å². The van der Waals surface area contributed by atoms with E-state index in [-0.39, 0.29) is 23.5 Å². The van der Waals surface area contributed by atoms with Crippen molar-refractivity contribution in [3.05, 3.63) is 29.8 Å². The van der Waals surface area contributed by atoms with E-state index in [1.165, 1.54) is 0 Å². The Morgan fingerprint density at radius 3 is 2.89 bits per heavy atom. The number of hydrogen-bond donors (Lipinski definition) is 0. The van der Waals surface area contributed by atoms with Crippen molar-refractivity contribution in [2.45, 2.75) is 38.8 Å². The maximum Gasteiger partial charge on any atom is 0.246 e. The molecule has 3 rings (SSSR count). The highest BCUT2D eigenvalue weighted by atomic mass is 16.7. The Morgan fingerprint density at radius 2 is 2.16 bits per heavy atom. The van der Waals surface area contributed by atoms with Gasteiger partial charge in [-0.2, -0.15) is 0 Å². The average molecular weight is 261 g/mol. The SMILES string of the molecule is CCC(=O)N1OC(C)(C)[C@H]2COc3ccccc3[C@H]21. The highest BCUT2D eigenvalue weighted by Gasteiger charge is 2.53. The van der Waals surface area contributed by atoms with Gasteiger partial charge in [0, 0.05) is 12.0 Å². The molecule has 1 saturated heterocycles. The summed E-state index contributed by atoms with van der Waals surface area (Å²) >= 11 is 0. The third kappa shape index (κ3) is 1.82. The van der Waals surface area contributed by atoms with Gasteiger partial charge in [-0.3, -0.25) is 9.63 Å². The van der Waals surface area contributed by atoms with Gasteiger partial charge in [-0.15, -0.1) is 0 Å². The van der Waals surface area contributed by atoms with Gasteiger partial charge in [0.25, 0.3) is 0 Å². The van der Waals surface area contributed by atoms with Crippen LogP contribution in [0.2, 0.25) is 0 Å². The minimum Gasteiger partial charge on any atom is -0.493 e. The van der Waals surface area contributed by atoms with Gasteiger partial charge in [-0.25, -0.2) is 5.06 Å². The number of fused-ring (bicyclic) bond motifs is 3. The van der Waals surface area contributed by atoms with Crippen molar-refractivity contribution in [2.75, 3.05) is 6.61 Å². The van der Waals surface area contributed by atoms with Crippen molar-refractivity contribution in [1.82, 2.24) is 5.06 Å². The van der Waals surface area contributed by atoms with Crippen LogP contribution in [-0.4, -0.2) is 23.2 Å². The molecule has 1 fully saturated rings. The number of nitrogens with zero attached hydrogens (tertiary/aromatic N) is 1. The summed E-state index contributed by atoms with van der Waals surface area (Å²) in [6.45, 7) is 6.48. The zero-order valence-electron chi connectivity index (χ0n) is 11.6. The molecule has 2 aliphatic rings. The maximum atomic E-state index is 12.1. The number of carbonyl (C=O) groups excluding carboxylic acids is 1. The van der Waals surface area contributed by atoms with E-state index in [2.05, 4.69) is 0 Å². The molecule has 0 bridgehead atoms. The molecule has 0 radical (unpaired) electrons. The summed E-state index contributed by atoms with van der Waals surface area (Å²) < 4.78 is 5.82. The molecule has 2 heterocycles. The minimum absolute atomic E-state index is 0.0253. The zero-order chi connectivity index (χ0) is 13.6. The normalized spacial score (nSPS) is 27.4. The Morgan fingerprint density at radius 1 is 1.42 bits per heavy atom. The molecule has 0 saturated carbocycles. The Kier molecular flexibility index (Phi) is 2.78. The van der Waals surface area contributed by atoms with Crippen molar-refractivity contribution in [2.24, 2.45) is 5.92 Å². The summed E-state index contributed by atoms with van der Waals surface area (Å²) in [5, 5.41) is 1.56. The molecule has 0 aliphatic carbocycles. The number of carbonyl (C=O) groups is 1. The first-order valence-corrected chi connectivity index (χ1v) is 6.77. The molecule has 0 unspecified atom stereocenters. The van der Waals surface area contributed by atoms with Gasteiger partial charge in [0.1, 0.15) is 5.75 Å². The van der Waals surface area contributed by atoms with Crippen LogP contribution in [0.15, 0.2) is 24.3 Å². The van der Waals surface area contributed by atoms with Gasteiger partial charge < -0.3 is 4.74 Å². The number of para-hydroxylation sites is 1. The molecule has 0 aromatic heterocycles. The van der Waals surface area contributed by atoms with Gasteiger partial charge in [0.2, 0.25) is 5.91 Å². The van der Waals surface area contributed by atoms with E-state index in [0.717, 1.165) is 11.3 Å². The van der Waals surface area contributed by atoms with Crippen molar-refractivity contribution < 1.29 is 14.4 Å². The molecule has 1 aromatic carbocycles. The summed E-state index contributed by atoms with van der Waals surface area (Å²) in [4.78, 5) is 18.0. The second-order valence-corrected chi connectivity index (χ2v) is 5.67. The number of benzene rings is 1. The predicted octanol–water partition coefficient (Wildman–Crippen LogP) is 2.70. The van der Waals surface area contributed by atoms with Gasteiger partial charge in [-0.05, 0) is 19.9 Å². The number of rotatable bonds is 1. The van der Waals surface area contributed by atoms with E-state index in [1.807, 2.05) is 45.0 Å². The largest absolute Gasteiger partial charge is 0.493 e. The first-order valence-electron chi connectivity index (χ1n) is 6.77. The van der Waals surface area contributed by atoms with Crippen LogP contribution in [0.4, 0.5) is 0 Å². The Balaban J connectivity index is 2.06. The molecule has 2 atom stereocenters. The lowest BCUT2D eigenvalue weighted by Gasteiger charge is -2.32. The highest BCUT2D eigenvalue weighted by molar-refractivity contribution is 5.76. The third-order valence-corrected chi connectivity index (χ3v) is 4.06. The molecule has 4 heteroatoms. The van der Waals surface area contributed by atoms with Crippen LogP contribution >= 0.6 is 0 Å². The molecule has 0 spiro atoms. The minimum atomic E-state index is -0.386. The van der Waals surface area contributed by atoms with Crippen LogP contribution in [-0.2, 0) is 9.63 Å². The third-order valence-electron chi connectivity index (χ3n) is 4.06. The van der Waals surface area contributed by atoms with E-state index in [0.29, 0.717) is 13.0 Å².